The van der Waals surface area contributed by atoms with Gasteiger partial charge in [0, 0.05) is 35.6 Å². The summed E-state index contributed by atoms with van der Waals surface area (Å²) >= 11 is 1.32. The van der Waals surface area contributed by atoms with Gasteiger partial charge in [0.25, 0.3) is 5.91 Å². The Balaban J connectivity index is 2.02. The Morgan fingerprint density at radius 3 is 3.11 bits per heavy atom. The van der Waals surface area contributed by atoms with E-state index in [4.69, 9.17) is 6.42 Å². The van der Waals surface area contributed by atoms with Crippen LogP contribution in [0.25, 0.3) is 10.2 Å². The first-order valence-corrected chi connectivity index (χ1v) is 9.13. The van der Waals surface area contributed by atoms with Crippen molar-refractivity contribution in [3.63, 3.8) is 0 Å². The Kier molecular flexibility index (Phi) is 5.53. The third-order valence-corrected chi connectivity index (χ3v) is 5.34. The number of aryl methyl sites for hydroxylation is 1. The second-order valence-electron chi connectivity index (χ2n) is 5.83. The molecule has 2 aromatic rings. The Labute approximate surface area is 161 Å². The maximum Gasteiger partial charge on any atom is 0.272 e. The Morgan fingerprint density at radius 1 is 1.56 bits per heavy atom. The van der Waals surface area contributed by atoms with E-state index in [0.29, 0.717) is 23.5 Å². The third kappa shape index (κ3) is 3.69. The Hall–Kier alpha value is -3.17. The number of pyridine rings is 1. The first-order chi connectivity index (χ1) is 13.1. The summed E-state index contributed by atoms with van der Waals surface area (Å²) in [5, 5.41) is 4.05. The third-order valence-electron chi connectivity index (χ3n) is 4.16. The first kappa shape index (κ1) is 18.6. The molecule has 3 rings (SSSR count). The summed E-state index contributed by atoms with van der Waals surface area (Å²) in [5.74, 6) is 1.97. The molecule has 0 spiro atoms. The van der Waals surface area contributed by atoms with E-state index in [9.17, 15) is 9.18 Å². The van der Waals surface area contributed by atoms with Gasteiger partial charge in [-0.3, -0.25) is 9.69 Å². The molecule has 0 atom stereocenters. The number of amides is 1. The van der Waals surface area contributed by atoms with Crippen LogP contribution in [0.3, 0.4) is 0 Å². The number of carbonyl (C=O) groups excluding carboxylic acids is 1. The highest BCUT2D eigenvalue weighted by molar-refractivity contribution is 7.20. The Morgan fingerprint density at radius 2 is 2.37 bits per heavy atom. The SMILES string of the molecule is C#CCNc1ccnc2sc(C(=O)N(C=C)C3=CC=C(F)C=CC3)c(C)c12. The number of rotatable bonds is 5. The highest BCUT2D eigenvalue weighted by atomic mass is 32.1. The smallest absolute Gasteiger partial charge is 0.272 e. The van der Waals surface area contributed by atoms with Crippen LogP contribution in [0, 0.1) is 19.3 Å². The standard InChI is InChI=1S/C21H18FN3OS/c1-4-12-23-17-11-13-24-20-18(17)14(3)19(27-20)21(26)25(5-2)16-8-6-7-15(22)9-10-16/h1,5-7,9-11,13H,2,8,12H2,3H3,(H,23,24). The van der Waals surface area contributed by atoms with E-state index in [1.807, 2.05) is 13.0 Å². The molecule has 0 aromatic carbocycles. The van der Waals surface area contributed by atoms with E-state index < -0.39 is 0 Å². The van der Waals surface area contributed by atoms with Crippen molar-refractivity contribution in [1.82, 2.24) is 9.88 Å². The molecule has 1 N–H and O–H groups in total. The summed E-state index contributed by atoms with van der Waals surface area (Å²) in [6.45, 7) is 6.02. The quantitative estimate of drug-likeness (QED) is 0.749. The van der Waals surface area contributed by atoms with Gasteiger partial charge in [0.05, 0.1) is 11.4 Å². The summed E-state index contributed by atoms with van der Waals surface area (Å²) in [5.41, 5.74) is 2.32. The lowest BCUT2D eigenvalue weighted by Gasteiger charge is -2.20. The second kappa shape index (κ2) is 8.02. The molecule has 0 radical (unpaired) electrons. The number of thiophene rings is 1. The van der Waals surface area contributed by atoms with Crippen molar-refractivity contribution in [1.29, 1.82) is 0 Å². The summed E-state index contributed by atoms with van der Waals surface area (Å²) in [6.07, 6.45) is 14.9. The second-order valence-corrected chi connectivity index (χ2v) is 6.83. The van der Waals surface area contributed by atoms with Gasteiger partial charge < -0.3 is 5.32 Å². The number of allylic oxidation sites excluding steroid dienone is 5. The fourth-order valence-electron chi connectivity index (χ4n) is 2.88. The fraction of sp³-hybridized carbons (Fsp3) is 0.143. The average molecular weight is 379 g/mol. The molecular formula is C21H18FN3OS. The summed E-state index contributed by atoms with van der Waals surface area (Å²) < 4.78 is 13.4. The average Bonchev–Trinajstić information content (AvgIpc) is 2.86. The number of carbonyl (C=O) groups is 1. The molecule has 4 nitrogen and oxygen atoms in total. The van der Waals surface area contributed by atoms with Crippen LogP contribution in [0.15, 0.2) is 60.9 Å². The molecule has 27 heavy (non-hydrogen) atoms. The van der Waals surface area contributed by atoms with Crippen LogP contribution in [0.5, 0.6) is 0 Å². The van der Waals surface area contributed by atoms with Crippen molar-refractivity contribution in [2.45, 2.75) is 13.3 Å². The van der Waals surface area contributed by atoms with E-state index in [1.165, 1.54) is 34.6 Å². The molecule has 0 aliphatic heterocycles. The molecule has 0 saturated carbocycles. The molecule has 1 aliphatic carbocycles. The van der Waals surface area contributed by atoms with E-state index in [0.717, 1.165) is 21.5 Å². The lowest BCUT2D eigenvalue weighted by atomic mass is 10.1. The molecule has 0 bridgehead atoms. The van der Waals surface area contributed by atoms with Crippen molar-refractivity contribution >= 4 is 33.1 Å². The van der Waals surface area contributed by atoms with Gasteiger partial charge in [0.1, 0.15) is 10.7 Å². The van der Waals surface area contributed by atoms with Crippen molar-refractivity contribution in [3.05, 3.63) is 71.3 Å². The number of nitrogens with zero attached hydrogens (tertiary/aromatic N) is 2. The number of anilines is 1. The highest BCUT2D eigenvalue weighted by Gasteiger charge is 2.24. The Bertz CT molecular complexity index is 1040. The van der Waals surface area contributed by atoms with Crippen LogP contribution in [0.2, 0.25) is 0 Å². The zero-order chi connectivity index (χ0) is 19.4. The van der Waals surface area contributed by atoms with Gasteiger partial charge >= 0.3 is 0 Å². The van der Waals surface area contributed by atoms with E-state index >= 15 is 0 Å². The van der Waals surface area contributed by atoms with Crippen LogP contribution >= 0.6 is 11.3 Å². The van der Waals surface area contributed by atoms with Crippen molar-refractivity contribution < 1.29 is 9.18 Å². The normalized spacial score (nSPS) is 13.4. The van der Waals surface area contributed by atoms with E-state index in [1.54, 1.807) is 18.3 Å². The van der Waals surface area contributed by atoms with Crippen LogP contribution < -0.4 is 5.32 Å². The van der Waals surface area contributed by atoms with Gasteiger partial charge in [0.2, 0.25) is 0 Å². The lowest BCUT2D eigenvalue weighted by molar-refractivity contribution is 0.0860. The van der Waals surface area contributed by atoms with Crippen LogP contribution in [0.4, 0.5) is 10.1 Å². The van der Waals surface area contributed by atoms with Gasteiger partial charge in [-0.2, -0.15) is 0 Å². The number of halogens is 1. The maximum atomic E-state index is 13.4. The summed E-state index contributed by atoms with van der Waals surface area (Å²) in [4.78, 5) is 20.3. The topological polar surface area (TPSA) is 45.2 Å². The zero-order valence-electron chi connectivity index (χ0n) is 14.8. The fourth-order valence-corrected chi connectivity index (χ4v) is 3.99. The molecule has 2 heterocycles. The minimum absolute atomic E-state index is 0.219. The van der Waals surface area contributed by atoms with Gasteiger partial charge in [0.15, 0.2) is 0 Å². The van der Waals surface area contributed by atoms with Gasteiger partial charge in [-0.15, -0.1) is 17.8 Å². The number of fused-ring (bicyclic) bond motifs is 1. The summed E-state index contributed by atoms with van der Waals surface area (Å²) in [6, 6.07) is 1.84. The lowest BCUT2D eigenvalue weighted by Crippen LogP contribution is -2.24. The maximum absolute atomic E-state index is 13.4. The molecule has 136 valence electrons. The number of aromatic nitrogens is 1. The first-order valence-electron chi connectivity index (χ1n) is 8.31. The zero-order valence-corrected chi connectivity index (χ0v) is 15.6. The monoisotopic (exact) mass is 379 g/mol. The minimum Gasteiger partial charge on any atom is -0.374 e. The predicted molar refractivity (Wildman–Crippen MR) is 109 cm³/mol. The van der Waals surface area contributed by atoms with Gasteiger partial charge in [-0.05, 0) is 36.8 Å². The molecule has 0 fully saturated rings. The van der Waals surface area contributed by atoms with Gasteiger partial charge in [-0.25, -0.2) is 9.37 Å². The van der Waals surface area contributed by atoms with Crippen LogP contribution in [-0.2, 0) is 0 Å². The molecule has 0 saturated heterocycles. The minimum atomic E-state index is -0.354. The number of hydrogen-bond donors (Lipinski definition) is 1. The van der Waals surface area contributed by atoms with Crippen molar-refractivity contribution in [2.75, 3.05) is 11.9 Å². The highest BCUT2D eigenvalue weighted by Crippen LogP contribution is 2.35. The largest absolute Gasteiger partial charge is 0.374 e. The molecule has 2 aromatic heterocycles. The van der Waals surface area contributed by atoms with Crippen molar-refractivity contribution in [2.24, 2.45) is 0 Å². The van der Waals surface area contributed by atoms with E-state index in [2.05, 4.69) is 22.8 Å². The van der Waals surface area contributed by atoms with Crippen LogP contribution in [-0.4, -0.2) is 22.3 Å². The van der Waals surface area contributed by atoms with E-state index in [-0.39, 0.29) is 11.7 Å². The molecular weight excluding hydrogens is 361 g/mol. The number of terminal acetylenes is 1. The van der Waals surface area contributed by atoms with Gasteiger partial charge in [-0.1, -0.05) is 18.6 Å². The number of hydrogen-bond acceptors (Lipinski definition) is 4. The molecule has 6 heteroatoms. The molecule has 0 unspecified atom stereocenters. The molecule has 1 aliphatic rings. The van der Waals surface area contributed by atoms with Crippen LogP contribution in [0.1, 0.15) is 21.7 Å². The summed E-state index contributed by atoms with van der Waals surface area (Å²) in [7, 11) is 0. The predicted octanol–water partition coefficient (Wildman–Crippen LogP) is 4.93. The molecule has 1 amide bonds. The number of nitrogens with one attached hydrogen (secondary N) is 1. The van der Waals surface area contributed by atoms with Crippen molar-refractivity contribution in [3.8, 4) is 12.3 Å².